The molecule has 4 aromatic carbocycles. The Hall–Kier alpha value is -4.99. The topological polar surface area (TPSA) is 84.2 Å². The fraction of sp³-hybridized carbons (Fsp3) is 0.100. The van der Waals surface area contributed by atoms with Gasteiger partial charge in [0, 0.05) is 11.9 Å². The molecule has 0 fully saturated rings. The van der Waals surface area contributed by atoms with Crippen molar-refractivity contribution in [3.63, 3.8) is 0 Å². The number of benzene rings is 4. The third kappa shape index (κ3) is 5.70. The van der Waals surface area contributed by atoms with Gasteiger partial charge in [0.2, 0.25) is 0 Å². The summed E-state index contributed by atoms with van der Waals surface area (Å²) in [5, 5.41) is 16.9. The van der Waals surface area contributed by atoms with E-state index in [1.807, 2.05) is 0 Å². The fourth-order valence-electron chi connectivity index (χ4n) is 4.35. The second-order valence-corrected chi connectivity index (χ2v) is 9.15. The summed E-state index contributed by atoms with van der Waals surface area (Å²) in [6.45, 7) is 0.239. The van der Waals surface area contributed by atoms with Gasteiger partial charge in [-0.3, -0.25) is 9.48 Å². The molecule has 1 aromatic heterocycles. The number of aromatic carboxylic acids is 1. The largest absolute Gasteiger partial charge is 0.478 e. The number of nitrogens with zero attached hydrogens (tertiary/aromatic N) is 2. The van der Waals surface area contributed by atoms with Crippen molar-refractivity contribution in [2.24, 2.45) is 0 Å². The molecule has 0 aliphatic heterocycles. The van der Waals surface area contributed by atoms with Crippen molar-refractivity contribution < 1.29 is 32.3 Å². The van der Waals surface area contributed by atoms with E-state index in [4.69, 9.17) is 5.11 Å². The van der Waals surface area contributed by atoms with E-state index in [1.54, 1.807) is 47.3 Å². The Morgan fingerprint density at radius 2 is 1.50 bits per heavy atom. The van der Waals surface area contributed by atoms with Crippen LogP contribution in [-0.2, 0) is 19.3 Å². The number of nitrogens with one attached hydrogen (secondary N) is 1. The third-order valence-electron chi connectivity index (χ3n) is 6.42. The summed E-state index contributed by atoms with van der Waals surface area (Å²) in [6.07, 6.45) is -2.89. The maximum absolute atomic E-state index is 13.5. The molecular formula is C30H21F4N3O3. The number of carboxylic acids is 1. The van der Waals surface area contributed by atoms with Gasteiger partial charge in [0.25, 0.3) is 5.91 Å². The van der Waals surface area contributed by atoms with Gasteiger partial charge in [0.15, 0.2) is 0 Å². The number of halogens is 4. The highest BCUT2D eigenvalue weighted by Crippen LogP contribution is 2.31. The molecule has 0 bridgehead atoms. The molecular weight excluding hydrogens is 526 g/mol. The van der Waals surface area contributed by atoms with Crippen LogP contribution in [0.2, 0.25) is 0 Å². The minimum Gasteiger partial charge on any atom is -0.478 e. The number of carbonyl (C=O) groups excluding carboxylic acids is 1. The third-order valence-corrected chi connectivity index (χ3v) is 6.42. The van der Waals surface area contributed by atoms with Crippen LogP contribution in [0.5, 0.6) is 0 Å². The Morgan fingerprint density at radius 1 is 0.850 bits per heavy atom. The molecule has 5 aromatic rings. The molecule has 0 saturated carbocycles. The van der Waals surface area contributed by atoms with Crippen molar-refractivity contribution in [1.82, 2.24) is 15.1 Å². The molecule has 6 nitrogen and oxygen atoms in total. The molecule has 1 amide bonds. The Morgan fingerprint density at radius 3 is 2.12 bits per heavy atom. The summed E-state index contributed by atoms with van der Waals surface area (Å²) < 4.78 is 54.0. The number of aromatic nitrogens is 2. The lowest BCUT2D eigenvalue weighted by molar-refractivity contribution is -0.137. The normalized spacial score (nSPS) is 11.5. The van der Waals surface area contributed by atoms with Crippen LogP contribution in [0.1, 0.15) is 37.4 Å². The molecule has 40 heavy (non-hydrogen) atoms. The predicted octanol–water partition coefficient (Wildman–Crippen LogP) is 6.54. The van der Waals surface area contributed by atoms with Crippen LogP contribution in [0.3, 0.4) is 0 Å². The Kier molecular flexibility index (Phi) is 7.08. The number of alkyl halides is 3. The van der Waals surface area contributed by atoms with Gasteiger partial charge in [-0.1, -0.05) is 36.4 Å². The molecule has 0 aliphatic rings. The van der Waals surface area contributed by atoms with Gasteiger partial charge < -0.3 is 10.4 Å². The summed E-state index contributed by atoms with van der Waals surface area (Å²) in [5.41, 5.74) is 2.67. The lowest BCUT2D eigenvalue weighted by Gasteiger charge is -2.13. The molecule has 2 N–H and O–H groups in total. The van der Waals surface area contributed by atoms with E-state index in [1.165, 1.54) is 36.4 Å². The Balaban J connectivity index is 1.50. The van der Waals surface area contributed by atoms with Crippen molar-refractivity contribution in [3.8, 4) is 11.1 Å². The van der Waals surface area contributed by atoms with E-state index in [0.29, 0.717) is 33.2 Å². The Labute approximate surface area is 225 Å². The van der Waals surface area contributed by atoms with Gasteiger partial charge in [-0.2, -0.15) is 18.3 Å². The molecule has 10 heteroatoms. The average Bonchev–Trinajstić information content (AvgIpc) is 3.34. The number of fused-ring (bicyclic) bond motifs is 1. The first-order valence-electron chi connectivity index (χ1n) is 12.1. The van der Waals surface area contributed by atoms with Gasteiger partial charge >= 0.3 is 12.1 Å². The highest BCUT2D eigenvalue weighted by atomic mass is 19.4. The van der Waals surface area contributed by atoms with Crippen molar-refractivity contribution in [1.29, 1.82) is 0 Å². The smallest absolute Gasteiger partial charge is 0.416 e. The number of amides is 1. The molecule has 0 saturated heterocycles. The van der Waals surface area contributed by atoms with Crippen LogP contribution in [-0.4, -0.2) is 26.8 Å². The number of carboxylic acid groups (broad SMARTS) is 1. The fourth-order valence-corrected chi connectivity index (χ4v) is 4.35. The number of hydrogen-bond acceptors (Lipinski definition) is 3. The molecule has 0 atom stereocenters. The molecule has 0 spiro atoms. The highest BCUT2D eigenvalue weighted by molar-refractivity contribution is 6.07. The molecule has 0 unspecified atom stereocenters. The number of hydrogen-bond donors (Lipinski definition) is 2. The quantitative estimate of drug-likeness (QED) is 0.227. The van der Waals surface area contributed by atoms with Crippen molar-refractivity contribution >= 4 is 22.8 Å². The van der Waals surface area contributed by atoms with Crippen molar-refractivity contribution in [2.75, 3.05) is 0 Å². The summed E-state index contributed by atoms with van der Waals surface area (Å²) in [6, 6.07) is 20.1. The predicted molar refractivity (Wildman–Crippen MR) is 140 cm³/mol. The SMILES string of the molecule is O=C(O)c1ccc(CNC(=O)c2cc(-c3ccc(F)cc3)cc3cnn(Cc4ccc(C(F)(F)F)cc4)c23)cc1. The average molecular weight is 548 g/mol. The number of carbonyl (C=O) groups is 2. The van der Waals surface area contributed by atoms with Crippen LogP contribution in [0.4, 0.5) is 17.6 Å². The van der Waals surface area contributed by atoms with Crippen molar-refractivity contribution in [2.45, 2.75) is 19.3 Å². The van der Waals surface area contributed by atoms with E-state index in [9.17, 15) is 27.2 Å². The van der Waals surface area contributed by atoms with Gasteiger partial charge in [-0.25, -0.2) is 9.18 Å². The molecule has 1 heterocycles. The van der Waals surface area contributed by atoms with Crippen LogP contribution in [0, 0.1) is 5.82 Å². The monoisotopic (exact) mass is 547 g/mol. The maximum Gasteiger partial charge on any atom is 0.416 e. The van der Waals surface area contributed by atoms with E-state index < -0.39 is 29.4 Å². The summed E-state index contributed by atoms with van der Waals surface area (Å²) in [5.74, 6) is -1.90. The standard InChI is InChI=1S/C30H21F4N3O3/c31-25-11-7-20(8-12-25)22-13-23-16-36-37(17-19-3-9-24(10-4-19)30(32,33)34)27(23)26(14-22)28(38)35-15-18-1-5-21(6-2-18)29(39)40/h1-14,16H,15,17H2,(H,35,38)(H,39,40). The second kappa shape index (κ2) is 10.6. The summed E-state index contributed by atoms with van der Waals surface area (Å²) in [4.78, 5) is 24.6. The minimum absolute atomic E-state index is 0.119. The van der Waals surface area contributed by atoms with E-state index >= 15 is 0 Å². The first-order chi connectivity index (χ1) is 19.1. The van der Waals surface area contributed by atoms with E-state index in [-0.39, 0.29) is 24.2 Å². The molecule has 202 valence electrons. The number of rotatable bonds is 7. The highest BCUT2D eigenvalue weighted by Gasteiger charge is 2.30. The first kappa shape index (κ1) is 26.6. The van der Waals surface area contributed by atoms with Gasteiger partial charge in [-0.05, 0) is 70.8 Å². The summed E-state index contributed by atoms with van der Waals surface area (Å²) in [7, 11) is 0. The van der Waals surface area contributed by atoms with Crippen LogP contribution >= 0.6 is 0 Å². The minimum atomic E-state index is -4.45. The lowest BCUT2D eigenvalue weighted by atomic mass is 9.99. The van der Waals surface area contributed by atoms with Gasteiger partial charge in [-0.15, -0.1) is 0 Å². The van der Waals surface area contributed by atoms with Gasteiger partial charge in [0.05, 0.1) is 34.9 Å². The zero-order valence-electron chi connectivity index (χ0n) is 20.7. The molecule has 0 aliphatic carbocycles. The molecule has 0 radical (unpaired) electrons. The van der Waals surface area contributed by atoms with E-state index in [2.05, 4.69) is 10.4 Å². The van der Waals surface area contributed by atoms with E-state index in [0.717, 1.165) is 12.1 Å². The van der Waals surface area contributed by atoms with Crippen LogP contribution < -0.4 is 5.32 Å². The van der Waals surface area contributed by atoms with Gasteiger partial charge in [0.1, 0.15) is 5.82 Å². The van der Waals surface area contributed by atoms with Crippen LogP contribution in [0.15, 0.2) is 91.1 Å². The second-order valence-electron chi connectivity index (χ2n) is 9.15. The maximum atomic E-state index is 13.5. The summed E-state index contributed by atoms with van der Waals surface area (Å²) >= 11 is 0. The molecule has 5 rings (SSSR count). The van der Waals surface area contributed by atoms with Crippen LogP contribution in [0.25, 0.3) is 22.0 Å². The lowest BCUT2D eigenvalue weighted by Crippen LogP contribution is -2.24. The first-order valence-corrected chi connectivity index (χ1v) is 12.1. The Bertz CT molecular complexity index is 1690. The van der Waals surface area contributed by atoms with Crippen molar-refractivity contribution in [3.05, 3.63) is 125 Å². The zero-order valence-corrected chi connectivity index (χ0v) is 20.7. The zero-order chi connectivity index (χ0) is 28.4.